The summed E-state index contributed by atoms with van der Waals surface area (Å²) in [7, 11) is 0. The number of hydrogen-bond donors (Lipinski definition) is 1. The van der Waals surface area contributed by atoms with Gasteiger partial charge in [-0.2, -0.15) is 0 Å². The Morgan fingerprint density at radius 1 is 1.17 bits per heavy atom. The Labute approximate surface area is 109 Å². The zero-order chi connectivity index (χ0) is 12.5. The van der Waals surface area contributed by atoms with Crippen molar-refractivity contribution in [3.63, 3.8) is 0 Å². The third kappa shape index (κ3) is 1.49. The second kappa shape index (κ2) is 3.50. The van der Waals surface area contributed by atoms with E-state index in [-0.39, 0.29) is 0 Å². The van der Waals surface area contributed by atoms with Gasteiger partial charge in [0.05, 0.1) is 5.60 Å². The predicted octanol–water partition coefficient (Wildman–Crippen LogP) is 1.65. The molecule has 100 valence electrons. The quantitative estimate of drug-likeness (QED) is 0.767. The molecule has 18 heavy (non-hydrogen) atoms. The van der Waals surface area contributed by atoms with Gasteiger partial charge in [-0.3, -0.25) is 4.79 Å². The fourth-order valence-corrected chi connectivity index (χ4v) is 5.07. The normalized spacial score (nSPS) is 48.1. The van der Waals surface area contributed by atoms with Crippen LogP contribution in [0.1, 0.15) is 39.0 Å². The Morgan fingerprint density at radius 2 is 1.72 bits per heavy atom. The molecular weight excluding hydrogens is 226 g/mol. The molecule has 0 aromatic rings. The van der Waals surface area contributed by atoms with Crippen LogP contribution in [0.5, 0.6) is 0 Å². The first-order valence-corrected chi connectivity index (χ1v) is 7.58. The van der Waals surface area contributed by atoms with Crippen LogP contribution in [-0.4, -0.2) is 34.6 Å². The number of piperidine rings is 1. The highest BCUT2D eigenvalue weighted by molar-refractivity contribution is 5.83. The number of rotatable bonds is 1. The van der Waals surface area contributed by atoms with Crippen molar-refractivity contribution in [3.8, 4) is 0 Å². The summed E-state index contributed by atoms with van der Waals surface area (Å²) in [6, 6.07) is 0. The highest BCUT2D eigenvalue weighted by Gasteiger charge is 2.68. The van der Waals surface area contributed by atoms with Crippen LogP contribution in [0, 0.1) is 29.6 Å². The molecule has 1 N–H and O–H groups in total. The molecule has 3 heteroatoms. The van der Waals surface area contributed by atoms with Crippen molar-refractivity contribution in [1.29, 1.82) is 0 Å². The molecule has 3 saturated carbocycles. The molecule has 2 bridgehead atoms. The summed E-state index contributed by atoms with van der Waals surface area (Å²) in [5.74, 6) is 4.04. The Balaban J connectivity index is 1.41. The molecule has 4 atom stereocenters. The van der Waals surface area contributed by atoms with Crippen molar-refractivity contribution in [3.05, 3.63) is 0 Å². The van der Waals surface area contributed by atoms with E-state index in [9.17, 15) is 9.90 Å². The number of fused-ring (bicyclic) bond motifs is 5. The van der Waals surface area contributed by atoms with Gasteiger partial charge in [0.25, 0.3) is 0 Å². The number of hydrogen-bond acceptors (Lipinski definition) is 2. The number of amides is 1. The van der Waals surface area contributed by atoms with E-state index in [1.807, 2.05) is 11.8 Å². The SMILES string of the molecule is CC1(O)CCN(C(=O)C2C3C4CCC(C4)C23)CC1. The van der Waals surface area contributed by atoms with Gasteiger partial charge in [0.2, 0.25) is 5.91 Å². The van der Waals surface area contributed by atoms with Crippen molar-refractivity contribution >= 4 is 5.91 Å². The predicted molar refractivity (Wildman–Crippen MR) is 67.7 cm³/mol. The second-order valence-corrected chi connectivity index (χ2v) is 7.34. The zero-order valence-electron chi connectivity index (χ0n) is 11.1. The minimum Gasteiger partial charge on any atom is -0.390 e. The summed E-state index contributed by atoms with van der Waals surface area (Å²) < 4.78 is 0. The molecule has 4 fully saturated rings. The summed E-state index contributed by atoms with van der Waals surface area (Å²) in [5.41, 5.74) is -0.546. The van der Waals surface area contributed by atoms with Crippen LogP contribution >= 0.6 is 0 Å². The molecule has 0 spiro atoms. The van der Waals surface area contributed by atoms with E-state index in [4.69, 9.17) is 0 Å². The molecule has 1 amide bonds. The first kappa shape index (κ1) is 11.3. The highest BCUT2D eigenvalue weighted by Crippen LogP contribution is 2.69. The molecule has 1 aliphatic heterocycles. The number of likely N-dealkylation sites (tertiary alicyclic amines) is 1. The van der Waals surface area contributed by atoms with Crippen molar-refractivity contribution < 1.29 is 9.90 Å². The van der Waals surface area contributed by atoms with Gasteiger partial charge in [-0.15, -0.1) is 0 Å². The first-order valence-electron chi connectivity index (χ1n) is 7.58. The number of carbonyl (C=O) groups is 1. The third-order valence-electron chi connectivity index (χ3n) is 6.17. The molecule has 1 saturated heterocycles. The lowest BCUT2D eigenvalue weighted by Crippen LogP contribution is -2.46. The van der Waals surface area contributed by atoms with Gasteiger partial charge in [0.1, 0.15) is 0 Å². The molecule has 4 aliphatic rings. The van der Waals surface area contributed by atoms with Crippen LogP contribution in [-0.2, 0) is 4.79 Å². The molecule has 4 unspecified atom stereocenters. The average molecular weight is 249 g/mol. The van der Waals surface area contributed by atoms with Crippen LogP contribution in [0.3, 0.4) is 0 Å². The molecular formula is C15H23NO2. The van der Waals surface area contributed by atoms with Gasteiger partial charge in [0.15, 0.2) is 0 Å². The summed E-state index contributed by atoms with van der Waals surface area (Å²) in [6.45, 7) is 3.41. The lowest BCUT2D eigenvalue weighted by atomic mass is 9.93. The number of nitrogens with zero attached hydrogens (tertiary/aromatic N) is 1. The van der Waals surface area contributed by atoms with E-state index in [0.717, 1.165) is 49.6 Å². The minimum atomic E-state index is -0.546. The van der Waals surface area contributed by atoms with Gasteiger partial charge < -0.3 is 10.0 Å². The second-order valence-electron chi connectivity index (χ2n) is 7.34. The van der Waals surface area contributed by atoms with Crippen molar-refractivity contribution in [1.82, 2.24) is 4.90 Å². The first-order chi connectivity index (χ1) is 8.57. The van der Waals surface area contributed by atoms with E-state index in [1.54, 1.807) is 0 Å². The molecule has 1 heterocycles. The molecule has 3 aliphatic carbocycles. The average Bonchev–Trinajstić information content (AvgIpc) is 2.77. The standard InChI is InChI=1S/C15H23NO2/c1-15(18)4-6-16(7-5-15)14(17)13-11-9-2-3-10(8-9)12(11)13/h9-13,18H,2-8H2,1H3. The van der Waals surface area contributed by atoms with E-state index >= 15 is 0 Å². The van der Waals surface area contributed by atoms with Gasteiger partial charge in [-0.25, -0.2) is 0 Å². The maximum Gasteiger partial charge on any atom is 0.226 e. The zero-order valence-corrected chi connectivity index (χ0v) is 11.1. The summed E-state index contributed by atoms with van der Waals surface area (Å²) in [5, 5.41) is 9.95. The summed E-state index contributed by atoms with van der Waals surface area (Å²) >= 11 is 0. The van der Waals surface area contributed by atoms with E-state index in [2.05, 4.69) is 0 Å². The van der Waals surface area contributed by atoms with Gasteiger partial charge in [0, 0.05) is 19.0 Å². The van der Waals surface area contributed by atoms with Crippen molar-refractivity contribution in [2.24, 2.45) is 29.6 Å². The molecule has 0 aromatic carbocycles. The molecule has 0 radical (unpaired) electrons. The van der Waals surface area contributed by atoms with Gasteiger partial charge in [-0.1, -0.05) is 0 Å². The van der Waals surface area contributed by atoms with E-state index in [1.165, 1.54) is 19.3 Å². The minimum absolute atomic E-state index is 0.374. The van der Waals surface area contributed by atoms with Crippen LogP contribution in [0.2, 0.25) is 0 Å². The summed E-state index contributed by atoms with van der Waals surface area (Å²) in [6.07, 6.45) is 5.66. The molecule has 0 aromatic heterocycles. The lowest BCUT2D eigenvalue weighted by Gasteiger charge is -2.36. The van der Waals surface area contributed by atoms with E-state index < -0.39 is 5.60 Å². The highest BCUT2D eigenvalue weighted by atomic mass is 16.3. The van der Waals surface area contributed by atoms with Crippen molar-refractivity contribution in [2.45, 2.75) is 44.6 Å². The van der Waals surface area contributed by atoms with Crippen LogP contribution in [0.4, 0.5) is 0 Å². The summed E-state index contributed by atoms with van der Waals surface area (Å²) in [4.78, 5) is 14.6. The monoisotopic (exact) mass is 249 g/mol. The van der Waals surface area contributed by atoms with E-state index in [0.29, 0.717) is 11.8 Å². The molecule has 3 nitrogen and oxygen atoms in total. The Morgan fingerprint density at radius 3 is 2.28 bits per heavy atom. The smallest absolute Gasteiger partial charge is 0.226 e. The fourth-order valence-electron chi connectivity index (χ4n) is 5.07. The topological polar surface area (TPSA) is 40.5 Å². The van der Waals surface area contributed by atoms with Gasteiger partial charge in [-0.05, 0) is 62.7 Å². The Hall–Kier alpha value is -0.570. The van der Waals surface area contributed by atoms with Crippen LogP contribution < -0.4 is 0 Å². The fraction of sp³-hybridized carbons (Fsp3) is 0.933. The number of aliphatic hydroxyl groups is 1. The lowest BCUT2D eigenvalue weighted by molar-refractivity contribution is -0.137. The third-order valence-corrected chi connectivity index (χ3v) is 6.17. The molecule has 4 rings (SSSR count). The van der Waals surface area contributed by atoms with Crippen molar-refractivity contribution in [2.75, 3.05) is 13.1 Å². The number of carbonyl (C=O) groups excluding carboxylic acids is 1. The maximum absolute atomic E-state index is 12.5. The van der Waals surface area contributed by atoms with Gasteiger partial charge >= 0.3 is 0 Å². The van der Waals surface area contributed by atoms with Crippen LogP contribution in [0.15, 0.2) is 0 Å². The maximum atomic E-state index is 12.5. The Kier molecular flexibility index (Phi) is 2.19. The Bertz CT molecular complexity index is 366. The largest absolute Gasteiger partial charge is 0.390 e. The van der Waals surface area contributed by atoms with Crippen LogP contribution in [0.25, 0.3) is 0 Å².